The van der Waals surface area contributed by atoms with Crippen LogP contribution in [0.1, 0.15) is 31.3 Å². The first-order valence-electron chi connectivity index (χ1n) is 7.40. The smallest absolute Gasteiger partial charge is 0.181 e. The minimum atomic E-state index is -0.829. The third-order valence-electron chi connectivity index (χ3n) is 3.40. The van der Waals surface area contributed by atoms with E-state index in [9.17, 15) is 9.50 Å². The van der Waals surface area contributed by atoms with E-state index in [4.69, 9.17) is 9.83 Å². The first-order chi connectivity index (χ1) is 11.1. The lowest BCUT2D eigenvalue weighted by molar-refractivity contribution is 0.199. The normalized spacial score (nSPS) is 13.0. The molecule has 23 heavy (non-hydrogen) atoms. The number of benzene rings is 1. The van der Waals surface area contributed by atoms with E-state index in [-0.39, 0.29) is 0 Å². The maximum Gasteiger partial charge on any atom is 0.181 e. The highest BCUT2D eigenvalue weighted by molar-refractivity contribution is 5.77. The summed E-state index contributed by atoms with van der Waals surface area (Å²) in [5.41, 5.74) is 2.35. The predicted octanol–water partition coefficient (Wildman–Crippen LogP) is 3.22. The average Bonchev–Trinajstić information content (AvgIpc) is 2.99. The average molecular weight is 317 g/mol. The number of nitrogens with one attached hydrogen (secondary N) is 2. The lowest BCUT2D eigenvalue weighted by Gasteiger charge is -2.11. The van der Waals surface area contributed by atoms with Crippen molar-refractivity contribution in [2.75, 3.05) is 6.54 Å². The Hall–Kier alpha value is -2.47. The van der Waals surface area contributed by atoms with Gasteiger partial charge in [-0.25, -0.2) is 9.37 Å². The first kappa shape index (κ1) is 16.9. The van der Waals surface area contributed by atoms with Crippen LogP contribution in [0.4, 0.5) is 4.39 Å². The van der Waals surface area contributed by atoms with Gasteiger partial charge in [0.2, 0.25) is 0 Å². The predicted molar refractivity (Wildman–Crippen MR) is 86.8 cm³/mol. The summed E-state index contributed by atoms with van der Waals surface area (Å²) in [5, 5.41) is 20.4. The number of nitrogens with zero attached hydrogens (tertiary/aromatic N) is 1. The van der Waals surface area contributed by atoms with Crippen LogP contribution in [0.3, 0.4) is 0 Å². The van der Waals surface area contributed by atoms with E-state index in [0.29, 0.717) is 29.0 Å². The Balaban J connectivity index is 2.40. The number of hydrogen-bond acceptors (Lipinski definition) is 5. The number of rotatable bonds is 7. The van der Waals surface area contributed by atoms with Crippen molar-refractivity contribution in [3.05, 3.63) is 53.5 Å². The first-order valence-corrected chi connectivity index (χ1v) is 7.40. The van der Waals surface area contributed by atoms with Crippen LogP contribution >= 0.6 is 0 Å². The summed E-state index contributed by atoms with van der Waals surface area (Å²) in [5.74, 6) is 0.146. The molecule has 0 radical (unpaired) electrons. The highest BCUT2D eigenvalue weighted by Crippen LogP contribution is 2.31. The molecule has 0 amide bonds. The second kappa shape index (κ2) is 7.69. The zero-order chi connectivity index (χ0) is 16.8. The third kappa shape index (κ3) is 4.04. The van der Waals surface area contributed by atoms with Gasteiger partial charge in [0.15, 0.2) is 6.39 Å². The Morgan fingerprint density at radius 3 is 2.96 bits per heavy atom. The van der Waals surface area contributed by atoms with Gasteiger partial charge in [0.25, 0.3) is 0 Å². The molecule has 6 heteroatoms. The van der Waals surface area contributed by atoms with Crippen molar-refractivity contribution in [3.63, 3.8) is 0 Å². The second-order valence-corrected chi connectivity index (χ2v) is 5.13. The molecule has 2 aromatic rings. The van der Waals surface area contributed by atoms with Crippen LogP contribution in [0, 0.1) is 11.2 Å². The molecule has 0 saturated heterocycles. The Kier molecular flexibility index (Phi) is 5.65. The summed E-state index contributed by atoms with van der Waals surface area (Å²) < 4.78 is 18.9. The highest BCUT2D eigenvalue weighted by atomic mass is 19.1. The van der Waals surface area contributed by atoms with Crippen LogP contribution in [0.2, 0.25) is 0 Å². The SMILES string of the molecule is CCN/C=C(\C=N)Cc1ocnc1-c1ccc(F)cc1[C@@H](C)O. The molecule has 0 aliphatic rings. The molecule has 0 bridgehead atoms. The molecule has 5 nitrogen and oxygen atoms in total. The summed E-state index contributed by atoms with van der Waals surface area (Å²) in [6, 6.07) is 4.20. The van der Waals surface area contributed by atoms with Crippen molar-refractivity contribution in [1.29, 1.82) is 5.41 Å². The van der Waals surface area contributed by atoms with E-state index in [1.165, 1.54) is 24.7 Å². The largest absolute Gasteiger partial charge is 0.447 e. The molecule has 0 unspecified atom stereocenters. The molecule has 1 heterocycles. The van der Waals surface area contributed by atoms with E-state index >= 15 is 0 Å². The van der Waals surface area contributed by atoms with E-state index in [0.717, 1.165) is 12.1 Å². The van der Waals surface area contributed by atoms with Crippen molar-refractivity contribution in [3.8, 4) is 11.3 Å². The quantitative estimate of drug-likeness (QED) is 0.685. The van der Waals surface area contributed by atoms with Gasteiger partial charge in [-0.3, -0.25) is 0 Å². The molecule has 0 aliphatic heterocycles. The van der Waals surface area contributed by atoms with Gasteiger partial charge in [0, 0.05) is 30.9 Å². The standard InChI is InChI=1S/C17H20FN3O2/c1-3-20-9-12(8-19)6-16-17(21-10-23-16)14-5-4-13(18)7-15(14)11(2)22/h4-5,7-11,19-20,22H,3,6H2,1-2H3/b12-9-,19-8?/t11-/m1/s1. The van der Waals surface area contributed by atoms with Crippen molar-refractivity contribution in [1.82, 2.24) is 10.3 Å². The van der Waals surface area contributed by atoms with Gasteiger partial charge in [0.05, 0.1) is 6.10 Å². The maximum atomic E-state index is 13.5. The van der Waals surface area contributed by atoms with Crippen LogP contribution in [-0.2, 0) is 6.42 Å². The van der Waals surface area contributed by atoms with Crippen molar-refractivity contribution >= 4 is 6.21 Å². The fourth-order valence-electron chi connectivity index (χ4n) is 2.27. The summed E-state index contributed by atoms with van der Waals surface area (Å²) >= 11 is 0. The molecule has 3 N–H and O–H groups in total. The zero-order valence-corrected chi connectivity index (χ0v) is 13.1. The summed E-state index contributed by atoms with van der Waals surface area (Å²) in [7, 11) is 0. The molecule has 1 atom stereocenters. The zero-order valence-electron chi connectivity index (χ0n) is 13.1. The van der Waals surface area contributed by atoms with Gasteiger partial charge in [0.1, 0.15) is 17.3 Å². The van der Waals surface area contributed by atoms with Gasteiger partial charge < -0.3 is 20.2 Å². The molecule has 0 aliphatic carbocycles. The Labute approximate surface area is 134 Å². The van der Waals surface area contributed by atoms with E-state index in [2.05, 4.69) is 10.3 Å². The summed E-state index contributed by atoms with van der Waals surface area (Å²) in [4.78, 5) is 4.20. The minimum absolute atomic E-state index is 0.377. The number of aromatic nitrogens is 1. The summed E-state index contributed by atoms with van der Waals surface area (Å²) in [6.45, 7) is 4.29. The van der Waals surface area contributed by atoms with Crippen molar-refractivity contribution in [2.45, 2.75) is 26.4 Å². The monoisotopic (exact) mass is 317 g/mol. The molecular formula is C17H20FN3O2. The van der Waals surface area contributed by atoms with Crippen LogP contribution in [0.5, 0.6) is 0 Å². The molecular weight excluding hydrogens is 297 g/mol. The van der Waals surface area contributed by atoms with E-state index < -0.39 is 11.9 Å². The Morgan fingerprint density at radius 1 is 1.52 bits per heavy atom. The fourth-order valence-corrected chi connectivity index (χ4v) is 2.27. The van der Waals surface area contributed by atoms with E-state index in [1.54, 1.807) is 19.2 Å². The number of oxazole rings is 1. The molecule has 0 fully saturated rings. The number of aliphatic hydroxyl groups is 1. The lowest BCUT2D eigenvalue weighted by atomic mass is 9.98. The van der Waals surface area contributed by atoms with Gasteiger partial charge in [-0.05, 0) is 43.2 Å². The minimum Gasteiger partial charge on any atom is -0.447 e. The molecule has 0 spiro atoms. The maximum absolute atomic E-state index is 13.5. The molecule has 1 aromatic heterocycles. The highest BCUT2D eigenvalue weighted by Gasteiger charge is 2.18. The number of aliphatic hydroxyl groups excluding tert-OH is 1. The van der Waals surface area contributed by atoms with Crippen LogP contribution in [0.25, 0.3) is 11.3 Å². The van der Waals surface area contributed by atoms with Crippen molar-refractivity contribution in [2.24, 2.45) is 0 Å². The number of hydrogen-bond donors (Lipinski definition) is 3. The third-order valence-corrected chi connectivity index (χ3v) is 3.40. The topological polar surface area (TPSA) is 82.1 Å². The Bertz CT molecular complexity index is 708. The van der Waals surface area contributed by atoms with Crippen molar-refractivity contribution < 1.29 is 13.9 Å². The molecule has 1 aromatic carbocycles. The summed E-state index contributed by atoms with van der Waals surface area (Å²) in [6.07, 6.45) is 3.86. The van der Waals surface area contributed by atoms with Crippen LogP contribution < -0.4 is 5.32 Å². The fraction of sp³-hybridized carbons (Fsp3) is 0.294. The van der Waals surface area contributed by atoms with Crippen LogP contribution in [-0.4, -0.2) is 22.8 Å². The number of allylic oxidation sites excluding steroid dienone is 1. The van der Waals surface area contributed by atoms with E-state index in [1.807, 2.05) is 6.92 Å². The number of halogens is 1. The van der Waals surface area contributed by atoms with Crippen LogP contribution in [0.15, 0.2) is 40.8 Å². The lowest BCUT2D eigenvalue weighted by Crippen LogP contribution is -2.06. The molecule has 0 saturated carbocycles. The van der Waals surface area contributed by atoms with Gasteiger partial charge >= 0.3 is 0 Å². The molecule has 122 valence electrons. The molecule has 2 rings (SSSR count). The Morgan fingerprint density at radius 2 is 2.30 bits per heavy atom. The second-order valence-electron chi connectivity index (χ2n) is 5.13. The van der Waals surface area contributed by atoms with Gasteiger partial charge in [-0.1, -0.05) is 0 Å². The van der Waals surface area contributed by atoms with Gasteiger partial charge in [-0.2, -0.15) is 0 Å². The van der Waals surface area contributed by atoms with Gasteiger partial charge in [-0.15, -0.1) is 0 Å².